The van der Waals surface area contributed by atoms with Crippen molar-refractivity contribution in [3.8, 4) is 0 Å². The van der Waals surface area contributed by atoms with E-state index < -0.39 is 0 Å². The number of anilines is 2. The van der Waals surface area contributed by atoms with Crippen LogP contribution in [0.2, 0.25) is 0 Å². The first-order valence-corrected chi connectivity index (χ1v) is 6.10. The van der Waals surface area contributed by atoms with E-state index in [9.17, 15) is 0 Å². The molecule has 88 valence electrons. The van der Waals surface area contributed by atoms with Crippen LogP contribution in [0.5, 0.6) is 0 Å². The molecule has 0 aliphatic heterocycles. The first kappa shape index (κ1) is 11.9. The van der Waals surface area contributed by atoms with Gasteiger partial charge in [-0.2, -0.15) is 0 Å². The molecule has 1 heterocycles. The van der Waals surface area contributed by atoms with Crippen molar-refractivity contribution in [2.75, 3.05) is 17.7 Å². The lowest BCUT2D eigenvalue weighted by molar-refractivity contribution is 0.914. The first-order valence-electron chi connectivity index (χ1n) is 5.31. The highest BCUT2D eigenvalue weighted by molar-refractivity contribution is 9.10. The molecule has 2 aromatic rings. The van der Waals surface area contributed by atoms with Crippen molar-refractivity contribution in [1.82, 2.24) is 4.98 Å². The number of nitrogens with zero attached hydrogens (tertiary/aromatic N) is 2. The quantitative estimate of drug-likeness (QED) is 0.884. The predicted molar refractivity (Wildman–Crippen MR) is 74.9 cm³/mol. The third-order valence-corrected chi connectivity index (χ3v) is 2.93. The fourth-order valence-electron chi connectivity index (χ4n) is 1.67. The van der Waals surface area contributed by atoms with Gasteiger partial charge in [-0.3, -0.25) is 4.98 Å². The molecule has 0 atom stereocenters. The van der Waals surface area contributed by atoms with Crippen LogP contribution >= 0.6 is 15.9 Å². The van der Waals surface area contributed by atoms with Gasteiger partial charge in [0.05, 0.1) is 0 Å². The fraction of sp³-hybridized carbons (Fsp3) is 0.154. The lowest BCUT2D eigenvalue weighted by atomic mass is 10.2. The Morgan fingerprint density at radius 3 is 2.82 bits per heavy atom. The van der Waals surface area contributed by atoms with Crippen LogP contribution in [0.1, 0.15) is 5.56 Å². The summed E-state index contributed by atoms with van der Waals surface area (Å²) in [5.41, 5.74) is 8.81. The summed E-state index contributed by atoms with van der Waals surface area (Å²) in [6.45, 7) is 0.801. The molecule has 2 N–H and O–H groups in total. The van der Waals surface area contributed by atoms with E-state index in [0.717, 1.165) is 28.0 Å². The third kappa shape index (κ3) is 3.20. The van der Waals surface area contributed by atoms with Crippen LogP contribution in [-0.4, -0.2) is 12.0 Å². The molecule has 3 nitrogen and oxygen atoms in total. The predicted octanol–water partition coefficient (Wildman–Crippen LogP) is 3.06. The van der Waals surface area contributed by atoms with Crippen molar-refractivity contribution in [3.05, 3.63) is 52.8 Å². The number of pyridine rings is 1. The van der Waals surface area contributed by atoms with Crippen molar-refractivity contribution in [2.24, 2.45) is 0 Å². The molecule has 17 heavy (non-hydrogen) atoms. The van der Waals surface area contributed by atoms with Crippen LogP contribution in [0.15, 0.2) is 47.2 Å². The molecule has 1 aromatic carbocycles. The van der Waals surface area contributed by atoms with Crippen molar-refractivity contribution in [1.29, 1.82) is 0 Å². The number of hydrogen-bond acceptors (Lipinski definition) is 3. The average Bonchev–Trinajstić information content (AvgIpc) is 2.29. The Balaban J connectivity index is 2.14. The van der Waals surface area contributed by atoms with Crippen LogP contribution < -0.4 is 10.6 Å². The van der Waals surface area contributed by atoms with Crippen LogP contribution in [0.4, 0.5) is 11.4 Å². The van der Waals surface area contributed by atoms with Gasteiger partial charge in [-0.25, -0.2) is 0 Å². The molecule has 0 saturated carbocycles. The number of aromatic nitrogens is 1. The van der Waals surface area contributed by atoms with Gasteiger partial charge in [0.15, 0.2) is 0 Å². The summed E-state index contributed by atoms with van der Waals surface area (Å²) in [7, 11) is 2.04. The van der Waals surface area contributed by atoms with Gasteiger partial charge < -0.3 is 10.6 Å². The normalized spacial score (nSPS) is 10.2. The lowest BCUT2D eigenvalue weighted by Crippen LogP contribution is -2.16. The maximum atomic E-state index is 5.77. The summed E-state index contributed by atoms with van der Waals surface area (Å²) < 4.78 is 0.996. The van der Waals surface area contributed by atoms with E-state index >= 15 is 0 Å². The third-order valence-electron chi connectivity index (χ3n) is 2.49. The van der Waals surface area contributed by atoms with E-state index in [0.29, 0.717) is 0 Å². The molecule has 1 aromatic heterocycles. The summed E-state index contributed by atoms with van der Waals surface area (Å²) in [6.07, 6.45) is 3.65. The second kappa shape index (κ2) is 5.19. The average molecular weight is 292 g/mol. The molecule has 0 bridgehead atoms. The van der Waals surface area contributed by atoms with Crippen LogP contribution in [-0.2, 0) is 6.54 Å². The van der Waals surface area contributed by atoms with Crippen molar-refractivity contribution in [3.63, 3.8) is 0 Å². The highest BCUT2D eigenvalue weighted by Gasteiger charge is 2.03. The largest absolute Gasteiger partial charge is 0.399 e. The smallest absolute Gasteiger partial charge is 0.0441 e. The number of benzene rings is 1. The van der Waals surface area contributed by atoms with E-state index in [1.807, 2.05) is 37.5 Å². The first-order chi connectivity index (χ1) is 8.15. The highest BCUT2D eigenvalue weighted by Crippen LogP contribution is 2.19. The second-order valence-electron chi connectivity index (χ2n) is 3.96. The van der Waals surface area contributed by atoms with Crippen molar-refractivity contribution in [2.45, 2.75) is 6.54 Å². The zero-order valence-corrected chi connectivity index (χ0v) is 11.2. The number of rotatable bonds is 3. The number of nitrogens with two attached hydrogens (primary N) is 1. The molecule has 0 radical (unpaired) electrons. The fourth-order valence-corrected chi connectivity index (χ4v) is 2.08. The minimum atomic E-state index is 0.779. The minimum Gasteiger partial charge on any atom is -0.399 e. The second-order valence-corrected chi connectivity index (χ2v) is 4.88. The summed E-state index contributed by atoms with van der Waals surface area (Å²) in [5, 5.41) is 0. The van der Waals surface area contributed by atoms with E-state index in [1.165, 1.54) is 0 Å². The summed E-state index contributed by atoms with van der Waals surface area (Å²) in [6, 6.07) is 9.92. The van der Waals surface area contributed by atoms with Gasteiger partial charge >= 0.3 is 0 Å². The van der Waals surface area contributed by atoms with Gasteiger partial charge in [0.1, 0.15) is 0 Å². The molecule has 0 spiro atoms. The molecule has 0 saturated heterocycles. The maximum Gasteiger partial charge on any atom is 0.0441 e. The molecule has 0 amide bonds. The van der Waals surface area contributed by atoms with E-state index in [2.05, 4.69) is 31.9 Å². The maximum absolute atomic E-state index is 5.77. The Labute approximate surface area is 109 Å². The van der Waals surface area contributed by atoms with Crippen LogP contribution in [0.3, 0.4) is 0 Å². The molecule has 2 rings (SSSR count). The Morgan fingerprint density at radius 2 is 2.12 bits per heavy atom. The van der Waals surface area contributed by atoms with Crippen molar-refractivity contribution < 1.29 is 0 Å². The summed E-state index contributed by atoms with van der Waals surface area (Å²) >= 11 is 3.42. The van der Waals surface area contributed by atoms with Crippen LogP contribution in [0.25, 0.3) is 0 Å². The van der Waals surface area contributed by atoms with E-state index in [4.69, 9.17) is 5.73 Å². The van der Waals surface area contributed by atoms with Crippen molar-refractivity contribution >= 4 is 27.3 Å². The van der Waals surface area contributed by atoms with Gasteiger partial charge in [0.25, 0.3) is 0 Å². The Bertz CT molecular complexity index is 514. The van der Waals surface area contributed by atoms with Gasteiger partial charge in [-0.05, 0) is 45.8 Å². The lowest BCUT2D eigenvalue weighted by Gasteiger charge is -2.19. The Morgan fingerprint density at radius 1 is 1.29 bits per heavy atom. The molecule has 0 aliphatic rings. The minimum absolute atomic E-state index is 0.779. The van der Waals surface area contributed by atoms with E-state index in [1.54, 1.807) is 6.20 Å². The zero-order chi connectivity index (χ0) is 12.3. The molecular formula is C13H14BrN3. The van der Waals surface area contributed by atoms with Gasteiger partial charge in [0, 0.05) is 41.8 Å². The van der Waals surface area contributed by atoms with E-state index in [-0.39, 0.29) is 0 Å². The van der Waals surface area contributed by atoms with Gasteiger partial charge in [-0.1, -0.05) is 6.07 Å². The molecule has 4 heteroatoms. The highest BCUT2D eigenvalue weighted by atomic mass is 79.9. The Hall–Kier alpha value is -1.55. The summed E-state index contributed by atoms with van der Waals surface area (Å²) in [4.78, 5) is 6.29. The number of halogens is 1. The number of nitrogen functional groups attached to an aromatic ring is 1. The van der Waals surface area contributed by atoms with Gasteiger partial charge in [0.2, 0.25) is 0 Å². The Kier molecular flexibility index (Phi) is 3.64. The standard InChI is InChI=1S/C13H14BrN3/c1-17(13-4-2-3-12(15)6-13)9-10-5-11(14)8-16-7-10/h2-8H,9,15H2,1H3. The zero-order valence-electron chi connectivity index (χ0n) is 9.60. The molecule has 0 unspecified atom stereocenters. The molecule has 0 aliphatic carbocycles. The molecular weight excluding hydrogens is 278 g/mol. The molecule has 0 fully saturated rings. The van der Waals surface area contributed by atoms with Gasteiger partial charge in [-0.15, -0.1) is 0 Å². The monoisotopic (exact) mass is 291 g/mol. The SMILES string of the molecule is CN(Cc1cncc(Br)c1)c1cccc(N)c1. The number of hydrogen-bond donors (Lipinski definition) is 1. The van der Waals surface area contributed by atoms with Crippen LogP contribution in [0, 0.1) is 0 Å². The summed E-state index contributed by atoms with van der Waals surface area (Å²) in [5.74, 6) is 0. The topological polar surface area (TPSA) is 42.2 Å².